The van der Waals surface area contributed by atoms with Crippen LogP contribution in [-0.2, 0) is 10.8 Å². The lowest BCUT2D eigenvalue weighted by Gasteiger charge is -2.16. The quantitative estimate of drug-likeness (QED) is 0.767. The molecule has 0 saturated carbocycles. The van der Waals surface area contributed by atoms with E-state index in [1.54, 1.807) is 18.4 Å². The molecule has 21 heavy (non-hydrogen) atoms. The Morgan fingerprint density at radius 3 is 2.81 bits per heavy atom. The number of anilines is 1. The molecule has 0 aliphatic heterocycles. The standard InChI is InChI=1S/C14H21BrN2O3S/c1-4-20-13-6-5-11(15)9-12(13)17-14(18)16-10(2)7-8-21(3)19/h5-6,9-10H,4,7-8H2,1-3H3,(H2,16,17,18)/t10-,21-/m0/s1. The minimum Gasteiger partial charge on any atom is -0.492 e. The Kier molecular flexibility index (Phi) is 7.74. The van der Waals surface area contributed by atoms with Crippen molar-refractivity contribution in [1.29, 1.82) is 0 Å². The highest BCUT2D eigenvalue weighted by Gasteiger charge is 2.11. The van der Waals surface area contributed by atoms with Crippen molar-refractivity contribution in [2.24, 2.45) is 0 Å². The largest absolute Gasteiger partial charge is 0.492 e. The normalized spacial score (nSPS) is 13.3. The van der Waals surface area contributed by atoms with E-state index >= 15 is 0 Å². The molecule has 0 unspecified atom stereocenters. The van der Waals surface area contributed by atoms with Crippen LogP contribution in [0.25, 0.3) is 0 Å². The average molecular weight is 377 g/mol. The van der Waals surface area contributed by atoms with Crippen LogP contribution in [0, 0.1) is 0 Å². The minimum atomic E-state index is -0.846. The summed E-state index contributed by atoms with van der Waals surface area (Å²) in [4.78, 5) is 12.0. The number of halogens is 1. The Hall–Kier alpha value is -1.08. The molecule has 0 saturated heterocycles. The molecule has 0 radical (unpaired) electrons. The van der Waals surface area contributed by atoms with Gasteiger partial charge in [0.2, 0.25) is 0 Å². The Morgan fingerprint density at radius 2 is 2.19 bits per heavy atom. The first-order valence-electron chi connectivity index (χ1n) is 6.72. The number of benzene rings is 1. The predicted molar refractivity (Wildman–Crippen MR) is 90.5 cm³/mol. The van der Waals surface area contributed by atoms with Gasteiger partial charge >= 0.3 is 6.03 Å². The molecule has 0 aliphatic carbocycles. The van der Waals surface area contributed by atoms with Gasteiger partial charge in [0.1, 0.15) is 5.75 Å². The number of carbonyl (C=O) groups excluding carboxylic acids is 1. The third kappa shape index (κ3) is 6.95. The summed E-state index contributed by atoms with van der Waals surface area (Å²) < 4.78 is 17.4. The molecule has 1 aromatic rings. The number of ether oxygens (including phenoxy) is 1. The molecular formula is C14H21BrN2O3S. The van der Waals surface area contributed by atoms with Crippen molar-refractivity contribution in [2.45, 2.75) is 26.3 Å². The maximum atomic E-state index is 12.0. The Labute approximate surface area is 136 Å². The van der Waals surface area contributed by atoms with Gasteiger partial charge in [-0.25, -0.2) is 4.79 Å². The first-order chi connectivity index (χ1) is 9.92. The van der Waals surface area contributed by atoms with Gasteiger partial charge < -0.3 is 15.4 Å². The van der Waals surface area contributed by atoms with Gasteiger partial charge in [-0.1, -0.05) is 15.9 Å². The van der Waals surface area contributed by atoms with Crippen molar-refractivity contribution in [2.75, 3.05) is 23.9 Å². The number of hydrogen-bond donors (Lipinski definition) is 2. The van der Waals surface area contributed by atoms with Gasteiger partial charge in [0, 0.05) is 33.3 Å². The SMILES string of the molecule is CCOc1ccc(Br)cc1NC(=O)N[C@@H](C)CC[S@](C)=O. The molecule has 2 atom stereocenters. The minimum absolute atomic E-state index is 0.0448. The summed E-state index contributed by atoms with van der Waals surface area (Å²) in [5.74, 6) is 1.20. The summed E-state index contributed by atoms with van der Waals surface area (Å²) in [6.45, 7) is 4.30. The van der Waals surface area contributed by atoms with Crippen molar-refractivity contribution in [3.8, 4) is 5.75 Å². The fourth-order valence-corrected chi connectivity index (χ4v) is 2.72. The molecule has 1 aromatic carbocycles. The van der Waals surface area contributed by atoms with Crippen LogP contribution in [0.15, 0.2) is 22.7 Å². The van der Waals surface area contributed by atoms with Gasteiger partial charge in [0.25, 0.3) is 0 Å². The van der Waals surface area contributed by atoms with Crippen LogP contribution in [-0.4, -0.2) is 34.9 Å². The zero-order valence-electron chi connectivity index (χ0n) is 12.4. The summed E-state index contributed by atoms with van der Waals surface area (Å²) in [6, 6.07) is 5.09. The van der Waals surface area contributed by atoms with Gasteiger partial charge in [0.05, 0.1) is 12.3 Å². The van der Waals surface area contributed by atoms with Crippen LogP contribution >= 0.6 is 15.9 Å². The molecule has 0 aromatic heterocycles. The highest BCUT2D eigenvalue weighted by Crippen LogP contribution is 2.28. The van der Waals surface area contributed by atoms with E-state index in [1.165, 1.54) is 0 Å². The van der Waals surface area contributed by atoms with Crippen molar-refractivity contribution >= 4 is 38.4 Å². The summed E-state index contributed by atoms with van der Waals surface area (Å²) in [5.41, 5.74) is 0.606. The first kappa shape index (κ1) is 18.0. The Balaban J connectivity index is 2.61. The average Bonchev–Trinajstić information content (AvgIpc) is 2.39. The smallest absolute Gasteiger partial charge is 0.319 e. The van der Waals surface area contributed by atoms with Gasteiger partial charge in [-0.05, 0) is 38.5 Å². The molecule has 5 nitrogen and oxygen atoms in total. The van der Waals surface area contributed by atoms with Crippen LogP contribution in [0.2, 0.25) is 0 Å². The maximum absolute atomic E-state index is 12.0. The monoisotopic (exact) mass is 376 g/mol. The fourth-order valence-electron chi connectivity index (χ4n) is 1.68. The van der Waals surface area contributed by atoms with E-state index in [2.05, 4.69) is 26.6 Å². The summed E-state index contributed by atoms with van der Waals surface area (Å²) in [6.07, 6.45) is 2.33. The van der Waals surface area contributed by atoms with E-state index in [4.69, 9.17) is 4.74 Å². The molecule has 7 heteroatoms. The first-order valence-corrected chi connectivity index (χ1v) is 9.24. The number of amides is 2. The van der Waals surface area contributed by atoms with E-state index in [-0.39, 0.29) is 12.1 Å². The lowest BCUT2D eigenvalue weighted by molar-refractivity contribution is 0.248. The molecular weight excluding hydrogens is 356 g/mol. The number of nitrogens with one attached hydrogen (secondary N) is 2. The lowest BCUT2D eigenvalue weighted by Crippen LogP contribution is -2.36. The van der Waals surface area contributed by atoms with Gasteiger partial charge in [-0.15, -0.1) is 0 Å². The van der Waals surface area contributed by atoms with Gasteiger partial charge in [-0.2, -0.15) is 0 Å². The van der Waals surface area contributed by atoms with Gasteiger partial charge in [-0.3, -0.25) is 4.21 Å². The van der Waals surface area contributed by atoms with Crippen molar-refractivity contribution in [3.63, 3.8) is 0 Å². The van der Waals surface area contributed by atoms with Crippen LogP contribution in [0.1, 0.15) is 20.3 Å². The number of rotatable bonds is 7. The number of urea groups is 1. The topological polar surface area (TPSA) is 67.4 Å². The zero-order chi connectivity index (χ0) is 15.8. The summed E-state index contributed by atoms with van der Waals surface area (Å²) >= 11 is 3.37. The second-order valence-corrected chi connectivity index (χ2v) is 7.11. The lowest BCUT2D eigenvalue weighted by atomic mass is 10.2. The molecule has 0 bridgehead atoms. The Bertz CT molecular complexity index is 511. The molecule has 2 amide bonds. The van der Waals surface area contributed by atoms with Crippen LogP contribution in [0.5, 0.6) is 5.75 Å². The maximum Gasteiger partial charge on any atom is 0.319 e. The van der Waals surface area contributed by atoms with Crippen molar-refractivity contribution in [3.05, 3.63) is 22.7 Å². The van der Waals surface area contributed by atoms with Crippen molar-refractivity contribution in [1.82, 2.24) is 5.32 Å². The van der Waals surface area contributed by atoms with Gasteiger partial charge in [0.15, 0.2) is 0 Å². The number of hydrogen-bond acceptors (Lipinski definition) is 3. The van der Waals surface area contributed by atoms with E-state index in [0.29, 0.717) is 30.2 Å². The zero-order valence-corrected chi connectivity index (χ0v) is 14.8. The van der Waals surface area contributed by atoms with Crippen molar-refractivity contribution < 1.29 is 13.7 Å². The Morgan fingerprint density at radius 1 is 1.48 bits per heavy atom. The highest BCUT2D eigenvalue weighted by atomic mass is 79.9. The highest BCUT2D eigenvalue weighted by molar-refractivity contribution is 9.10. The molecule has 0 spiro atoms. The molecule has 0 aliphatic rings. The summed E-state index contributed by atoms with van der Waals surface area (Å²) in [7, 11) is -0.846. The van der Waals surface area contributed by atoms with Crippen LogP contribution < -0.4 is 15.4 Å². The molecule has 2 N–H and O–H groups in total. The molecule has 0 fully saturated rings. The second kappa shape index (κ2) is 9.04. The van der Waals surface area contributed by atoms with E-state index in [9.17, 15) is 9.00 Å². The van der Waals surface area contributed by atoms with E-state index in [1.807, 2.05) is 19.9 Å². The third-order valence-corrected chi connectivity index (χ3v) is 4.01. The number of carbonyl (C=O) groups is 1. The third-order valence-electron chi connectivity index (χ3n) is 2.71. The fraction of sp³-hybridized carbons (Fsp3) is 0.500. The molecule has 0 heterocycles. The predicted octanol–water partition coefficient (Wildman–Crippen LogP) is 3.13. The second-order valence-electron chi connectivity index (χ2n) is 4.64. The molecule has 1 rings (SSSR count). The molecule has 118 valence electrons. The van der Waals surface area contributed by atoms with Crippen LogP contribution in [0.4, 0.5) is 10.5 Å². The van der Waals surface area contributed by atoms with E-state index in [0.717, 1.165) is 4.47 Å². The van der Waals surface area contributed by atoms with Crippen LogP contribution in [0.3, 0.4) is 0 Å². The van der Waals surface area contributed by atoms with E-state index < -0.39 is 10.8 Å². The summed E-state index contributed by atoms with van der Waals surface area (Å²) in [5, 5.41) is 5.59.